The fourth-order valence-corrected chi connectivity index (χ4v) is 1.61. The Kier molecular flexibility index (Phi) is 4.48. The Hall–Kier alpha value is -1.39. The van der Waals surface area contributed by atoms with E-state index in [9.17, 15) is 13.2 Å². The number of halogens is 3. The van der Waals surface area contributed by atoms with Crippen molar-refractivity contribution in [3.05, 3.63) is 23.8 Å². The van der Waals surface area contributed by atoms with Gasteiger partial charge in [0.2, 0.25) is 0 Å². The fraction of sp³-hybridized carbons (Fsp3) is 0.538. The number of hydrogen-bond donors (Lipinski definition) is 1. The molecule has 102 valence electrons. The second-order valence-corrected chi connectivity index (χ2v) is 4.87. The summed E-state index contributed by atoms with van der Waals surface area (Å²) in [6, 6.07) is 4.03. The Balaban J connectivity index is 2.91. The summed E-state index contributed by atoms with van der Waals surface area (Å²) >= 11 is 0. The van der Waals surface area contributed by atoms with Gasteiger partial charge in [-0.1, -0.05) is 13.8 Å². The van der Waals surface area contributed by atoms with Crippen molar-refractivity contribution in [2.24, 2.45) is 5.92 Å². The van der Waals surface area contributed by atoms with Crippen LogP contribution in [0.4, 0.5) is 24.5 Å². The standard InChI is InChI=1S/C13H19F3N2/c1-9(2)6-7-18(3)10-4-5-12(17)11(8-10)13(14,15)16/h4-5,8-9H,6-7,17H2,1-3H3. The van der Waals surface area contributed by atoms with Crippen LogP contribution in [0.15, 0.2) is 18.2 Å². The lowest BCUT2D eigenvalue weighted by Crippen LogP contribution is -2.21. The average Bonchev–Trinajstić information content (AvgIpc) is 2.24. The van der Waals surface area contributed by atoms with Gasteiger partial charge in [0, 0.05) is 25.0 Å². The lowest BCUT2D eigenvalue weighted by molar-refractivity contribution is -0.136. The molecule has 0 radical (unpaired) electrons. The van der Waals surface area contributed by atoms with Gasteiger partial charge in [-0.3, -0.25) is 0 Å². The Morgan fingerprint density at radius 3 is 2.39 bits per heavy atom. The third-order valence-electron chi connectivity index (χ3n) is 2.82. The van der Waals surface area contributed by atoms with E-state index in [-0.39, 0.29) is 5.69 Å². The van der Waals surface area contributed by atoms with Crippen LogP contribution in [0.5, 0.6) is 0 Å². The first-order valence-electron chi connectivity index (χ1n) is 5.89. The van der Waals surface area contributed by atoms with Crippen LogP contribution in [-0.2, 0) is 6.18 Å². The summed E-state index contributed by atoms with van der Waals surface area (Å²) in [5.74, 6) is 0.517. The van der Waals surface area contributed by atoms with Crippen molar-refractivity contribution in [2.45, 2.75) is 26.4 Å². The van der Waals surface area contributed by atoms with E-state index >= 15 is 0 Å². The molecule has 0 saturated heterocycles. The molecule has 1 aromatic carbocycles. The third-order valence-corrected chi connectivity index (χ3v) is 2.82. The van der Waals surface area contributed by atoms with E-state index in [0.29, 0.717) is 11.6 Å². The first-order valence-corrected chi connectivity index (χ1v) is 5.89. The molecule has 1 aromatic rings. The van der Waals surface area contributed by atoms with Gasteiger partial charge in [0.25, 0.3) is 0 Å². The second-order valence-electron chi connectivity index (χ2n) is 4.87. The highest BCUT2D eigenvalue weighted by Gasteiger charge is 2.33. The molecule has 0 spiro atoms. The van der Waals surface area contributed by atoms with Gasteiger partial charge in [-0.05, 0) is 30.5 Å². The molecule has 0 aliphatic heterocycles. The molecule has 0 aromatic heterocycles. The molecule has 0 atom stereocenters. The number of benzene rings is 1. The van der Waals surface area contributed by atoms with Gasteiger partial charge in [0.05, 0.1) is 5.56 Å². The molecule has 1 rings (SSSR count). The van der Waals surface area contributed by atoms with Crippen LogP contribution >= 0.6 is 0 Å². The Morgan fingerprint density at radius 2 is 1.89 bits per heavy atom. The quantitative estimate of drug-likeness (QED) is 0.835. The van der Waals surface area contributed by atoms with Gasteiger partial charge in [-0.2, -0.15) is 13.2 Å². The van der Waals surface area contributed by atoms with Gasteiger partial charge >= 0.3 is 6.18 Å². The lowest BCUT2D eigenvalue weighted by atomic mass is 10.1. The molecule has 0 unspecified atom stereocenters. The molecule has 18 heavy (non-hydrogen) atoms. The van der Waals surface area contributed by atoms with Crippen LogP contribution in [0.3, 0.4) is 0 Å². The first-order chi connectivity index (χ1) is 8.21. The first kappa shape index (κ1) is 14.7. The van der Waals surface area contributed by atoms with Crippen molar-refractivity contribution in [1.82, 2.24) is 0 Å². The molecule has 0 saturated carbocycles. The van der Waals surface area contributed by atoms with Crippen molar-refractivity contribution in [3.8, 4) is 0 Å². The highest BCUT2D eigenvalue weighted by atomic mass is 19.4. The molecule has 0 heterocycles. The van der Waals surface area contributed by atoms with Gasteiger partial charge in [-0.25, -0.2) is 0 Å². The van der Waals surface area contributed by atoms with E-state index in [1.165, 1.54) is 6.07 Å². The predicted molar refractivity (Wildman–Crippen MR) is 68.6 cm³/mol. The van der Waals surface area contributed by atoms with E-state index < -0.39 is 11.7 Å². The third kappa shape index (κ3) is 3.82. The zero-order valence-electron chi connectivity index (χ0n) is 10.9. The van der Waals surface area contributed by atoms with Crippen LogP contribution < -0.4 is 10.6 Å². The number of nitrogens with zero attached hydrogens (tertiary/aromatic N) is 1. The normalized spacial score (nSPS) is 11.9. The van der Waals surface area contributed by atoms with E-state index in [2.05, 4.69) is 13.8 Å². The maximum absolute atomic E-state index is 12.7. The topological polar surface area (TPSA) is 29.3 Å². The summed E-state index contributed by atoms with van der Waals surface area (Å²) in [5.41, 5.74) is 4.90. The Bertz CT molecular complexity index is 400. The van der Waals surface area contributed by atoms with Crippen molar-refractivity contribution < 1.29 is 13.2 Å². The Morgan fingerprint density at radius 1 is 1.28 bits per heavy atom. The van der Waals surface area contributed by atoms with Gasteiger partial charge < -0.3 is 10.6 Å². The monoisotopic (exact) mass is 260 g/mol. The smallest absolute Gasteiger partial charge is 0.398 e. The zero-order valence-corrected chi connectivity index (χ0v) is 10.9. The molecular weight excluding hydrogens is 241 g/mol. The molecule has 2 nitrogen and oxygen atoms in total. The van der Waals surface area contributed by atoms with Gasteiger partial charge in [0.15, 0.2) is 0 Å². The van der Waals surface area contributed by atoms with Crippen LogP contribution in [0.1, 0.15) is 25.8 Å². The maximum Gasteiger partial charge on any atom is 0.418 e. The minimum absolute atomic E-state index is 0.233. The second kappa shape index (κ2) is 5.50. The SMILES string of the molecule is CC(C)CCN(C)c1ccc(N)c(C(F)(F)F)c1. The van der Waals surface area contributed by atoms with E-state index in [1.54, 1.807) is 13.1 Å². The fourth-order valence-electron chi connectivity index (χ4n) is 1.61. The van der Waals surface area contributed by atoms with Crippen molar-refractivity contribution >= 4 is 11.4 Å². The largest absolute Gasteiger partial charge is 0.418 e. The summed E-state index contributed by atoms with van der Waals surface area (Å²) in [5, 5.41) is 0. The maximum atomic E-state index is 12.7. The summed E-state index contributed by atoms with van der Waals surface area (Å²) in [6.45, 7) is 4.88. The molecule has 0 fully saturated rings. The summed E-state index contributed by atoms with van der Waals surface area (Å²) < 4.78 is 38.1. The van der Waals surface area contributed by atoms with E-state index in [0.717, 1.165) is 19.0 Å². The summed E-state index contributed by atoms with van der Waals surface area (Å²) in [6.07, 6.45) is -3.47. The number of hydrogen-bond acceptors (Lipinski definition) is 2. The summed E-state index contributed by atoms with van der Waals surface area (Å²) in [4.78, 5) is 1.81. The van der Waals surface area contributed by atoms with Crippen molar-refractivity contribution in [3.63, 3.8) is 0 Å². The molecule has 5 heteroatoms. The van der Waals surface area contributed by atoms with Crippen molar-refractivity contribution in [2.75, 3.05) is 24.2 Å². The highest BCUT2D eigenvalue weighted by molar-refractivity contribution is 5.59. The number of nitrogen functional groups attached to an aromatic ring is 1. The molecule has 2 N–H and O–H groups in total. The number of anilines is 2. The van der Waals surface area contributed by atoms with Crippen LogP contribution in [0, 0.1) is 5.92 Å². The molecule has 0 aliphatic carbocycles. The Labute approximate surface area is 106 Å². The minimum Gasteiger partial charge on any atom is -0.398 e. The van der Waals surface area contributed by atoms with Crippen LogP contribution in [-0.4, -0.2) is 13.6 Å². The van der Waals surface area contributed by atoms with Gasteiger partial charge in [-0.15, -0.1) is 0 Å². The number of alkyl halides is 3. The molecule has 0 aliphatic rings. The predicted octanol–water partition coefficient (Wildman–Crippen LogP) is 3.77. The molecule has 0 bridgehead atoms. The van der Waals surface area contributed by atoms with Crippen molar-refractivity contribution in [1.29, 1.82) is 0 Å². The highest BCUT2D eigenvalue weighted by Crippen LogP contribution is 2.35. The van der Waals surface area contributed by atoms with Crippen LogP contribution in [0.2, 0.25) is 0 Å². The molecular formula is C13H19F3N2. The summed E-state index contributed by atoms with van der Waals surface area (Å²) in [7, 11) is 1.79. The zero-order chi connectivity index (χ0) is 13.9. The van der Waals surface area contributed by atoms with E-state index in [4.69, 9.17) is 5.73 Å². The number of nitrogens with two attached hydrogens (primary N) is 1. The van der Waals surface area contributed by atoms with E-state index in [1.807, 2.05) is 4.90 Å². The minimum atomic E-state index is -4.40. The van der Waals surface area contributed by atoms with Gasteiger partial charge in [0.1, 0.15) is 0 Å². The van der Waals surface area contributed by atoms with Crippen LogP contribution in [0.25, 0.3) is 0 Å². The lowest BCUT2D eigenvalue weighted by Gasteiger charge is -2.22. The number of rotatable bonds is 4. The average molecular weight is 260 g/mol. The molecule has 0 amide bonds.